The van der Waals surface area contributed by atoms with Gasteiger partial charge in [0.05, 0.1) is 0 Å². The molecule has 0 radical (unpaired) electrons. The predicted molar refractivity (Wildman–Crippen MR) is 97.7 cm³/mol. The summed E-state index contributed by atoms with van der Waals surface area (Å²) in [5.41, 5.74) is 7.83. The number of amides is 1. The first-order valence-corrected chi connectivity index (χ1v) is 10.4. The summed E-state index contributed by atoms with van der Waals surface area (Å²) >= 11 is 1.72. The van der Waals surface area contributed by atoms with Crippen LogP contribution >= 0.6 is 11.3 Å². The second-order valence-electron chi connectivity index (χ2n) is 8.05. The van der Waals surface area contributed by atoms with Gasteiger partial charge in [0.2, 0.25) is 5.91 Å². The Kier molecular flexibility index (Phi) is 4.67. The van der Waals surface area contributed by atoms with E-state index in [4.69, 9.17) is 5.73 Å². The van der Waals surface area contributed by atoms with Crippen molar-refractivity contribution in [2.75, 3.05) is 13.1 Å². The van der Waals surface area contributed by atoms with Gasteiger partial charge >= 0.3 is 0 Å². The highest BCUT2D eigenvalue weighted by Gasteiger charge is 2.58. The highest BCUT2D eigenvalue weighted by atomic mass is 32.1. The van der Waals surface area contributed by atoms with Crippen LogP contribution in [-0.2, 0) is 11.3 Å². The Morgan fingerprint density at radius 3 is 2.92 bits per heavy atom. The predicted octanol–water partition coefficient (Wildman–Crippen LogP) is 2.74. The molecule has 1 saturated heterocycles. The van der Waals surface area contributed by atoms with Crippen LogP contribution in [0.3, 0.4) is 0 Å². The van der Waals surface area contributed by atoms with E-state index in [1.807, 2.05) is 0 Å². The minimum Gasteiger partial charge on any atom is -0.335 e. The van der Waals surface area contributed by atoms with Crippen molar-refractivity contribution in [1.82, 2.24) is 10.2 Å². The molecule has 2 heterocycles. The molecule has 0 bridgehead atoms. The number of hydrogen-bond acceptors (Lipinski definition) is 4. The second kappa shape index (κ2) is 6.77. The first-order chi connectivity index (χ1) is 11.7. The zero-order chi connectivity index (χ0) is 16.6. The van der Waals surface area contributed by atoms with Gasteiger partial charge in [0.1, 0.15) is 0 Å². The van der Waals surface area contributed by atoms with Gasteiger partial charge in [-0.15, -0.1) is 0 Å². The number of piperidine rings is 1. The Balaban J connectivity index is 1.51. The highest BCUT2D eigenvalue weighted by molar-refractivity contribution is 7.07. The smallest absolute Gasteiger partial charge is 0.226 e. The Bertz CT molecular complexity index is 567. The Labute approximate surface area is 148 Å². The van der Waals surface area contributed by atoms with E-state index in [0.29, 0.717) is 17.4 Å². The first-order valence-electron chi connectivity index (χ1n) is 9.46. The van der Waals surface area contributed by atoms with Crippen molar-refractivity contribution < 1.29 is 4.79 Å². The van der Waals surface area contributed by atoms with Gasteiger partial charge in [-0.25, -0.2) is 0 Å². The molecule has 3 N–H and O–H groups in total. The summed E-state index contributed by atoms with van der Waals surface area (Å²) in [5.74, 6) is 0.517. The van der Waals surface area contributed by atoms with Crippen LogP contribution in [0.25, 0.3) is 0 Å². The van der Waals surface area contributed by atoms with Crippen LogP contribution in [0.5, 0.6) is 0 Å². The van der Waals surface area contributed by atoms with Gasteiger partial charge < -0.3 is 16.0 Å². The molecule has 2 saturated carbocycles. The van der Waals surface area contributed by atoms with Crippen molar-refractivity contribution in [3.63, 3.8) is 0 Å². The van der Waals surface area contributed by atoms with Crippen molar-refractivity contribution in [3.05, 3.63) is 22.4 Å². The fraction of sp³-hybridized carbons (Fsp3) is 0.737. The number of carbonyl (C=O) groups excluding carboxylic acids is 1. The van der Waals surface area contributed by atoms with Crippen LogP contribution in [0.1, 0.15) is 50.5 Å². The van der Waals surface area contributed by atoms with E-state index in [9.17, 15) is 4.79 Å². The monoisotopic (exact) mass is 347 g/mol. The van der Waals surface area contributed by atoms with E-state index in [2.05, 4.69) is 27.0 Å². The average molecular weight is 348 g/mol. The van der Waals surface area contributed by atoms with Gasteiger partial charge in [0, 0.05) is 24.5 Å². The Morgan fingerprint density at radius 2 is 2.21 bits per heavy atom. The minimum atomic E-state index is 0.145. The molecule has 3 aliphatic rings. The minimum absolute atomic E-state index is 0.145. The SMILES string of the molecule is N[C@@H]1CCC[C@@H](C(=O)N(Cc2ccsc2)[C@@H]2CC23CCNCC3)C1. The zero-order valence-corrected chi connectivity index (χ0v) is 15.2. The Hall–Kier alpha value is -0.910. The summed E-state index contributed by atoms with van der Waals surface area (Å²) in [4.78, 5) is 15.6. The summed E-state index contributed by atoms with van der Waals surface area (Å²) in [6.45, 7) is 2.99. The molecule has 1 aromatic rings. The largest absolute Gasteiger partial charge is 0.335 e. The van der Waals surface area contributed by atoms with Crippen molar-refractivity contribution in [2.24, 2.45) is 17.1 Å². The van der Waals surface area contributed by atoms with Crippen LogP contribution in [0.4, 0.5) is 0 Å². The lowest BCUT2D eigenvalue weighted by Gasteiger charge is -2.34. The van der Waals surface area contributed by atoms with Gasteiger partial charge in [-0.1, -0.05) is 6.42 Å². The molecule has 0 unspecified atom stereocenters. The maximum atomic E-state index is 13.3. The zero-order valence-electron chi connectivity index (χ0n) is 14.4. The molecule has 1 aromatic heterocycles. The van der Waals surface area contributed by atoms with Gasteiger partial charge in [0.15, 0.2) is 0 Å². The maximum Gasteiger partial charge on any atom is 0.226 e. The van der Waals surface area contributed by atoms with Gasteiger partial charge in [-0.05, 0) is 79.4 Å². The van der Waals surface area contributed by atoms with Crippen LogP contribution in [0.2, 0.25) is 0 Å². The third-order valence-electron chi connectivity index (χ3n) is 6.40. The van der Waals surface area contributed by atoms with Crippen LogP contribution in [0, 0.1) is 11.3 Å². The quantitative estimate of drug-likeness (QED) is 0.880. The fourth-order valence-corrected chi connectivity index (χ4v) is 5.50. The number of thiophene rings is 1. The molecule has 0 aromatic carbocycles. The summed E-state index contributed by atoms with van der Waals surface area (Å²) in [6.07, 6.45) is 7.71. The molecule has 4 nitrogen and oxygen atoms in total. The summed E-state index contributed by atoms with van der Waals surface area (Å²) in [6, 6.07) is 2.82. The lowest BCUT2D eigenvalue weighted by molar-refractivity contribution is -0.138. The molecule has 1 aliphatic heterocycles. The van der Waals surface area contributed by atoms with E-state index in [-0.39, 0.29) is 12.0 Å². The molecule has 1 spiro atoms. The van der Waals surface area contributed by atoms with Crippen molar-refractivity contribution in [1.29, 1.82) is 0 Å². The third-order valence-corrected chi connectivity index (χ3v) is 7.13. The van der Waals surface area contributed by atoms with Crippen LogP contribution in [0.15, 0.2) is 16.8 Å². The molecule has 132 valence electrons. The van der Waals surface area contributed by atoms with E-state index in [1.165, 1.54) is 24.8 Å². The number of rotatable bonds is 4. The molecule has 4 rings (SSSR count). The molecule has 1 amide bonds. The normalized spacial score (nSPS) is 31.8. The van der Waals surface area contributed by atoms with Gasteiger partial charge in [-0.3, -0.25) is 4.79 Å². The number of nitrogens with one attached hydrogen (secondary N) is 1. The van der Waals surface area contributed by atoms with E-state index < -0.39 is 0 Å². The van der Waals surface area contributed by atoms with Gasteiger partial charge in [-0.2, -0.15) is 11.3 Å². The molecule has 2 aliphatic carbocycles. The number of nitrogens with two attached hydrogens (primary N) is 1. The number of nitrogens with zero attached hydrogens (tertiary/aromatic N) is 1. The molecule has 3 fully saturated rings. The lowest BCUT2D eigenvalue weighted by atomic mass is 9.85. The molecule has 3 atom stereocenters. The van der Waals surface area contributed by atoms with Crippen molar-refractivity contribution >= 4 is 17.2 Å². The van der Waals surface area contributed by atoms with E-state index in [0.717, 1.165) is 45.3 Å². The average Bonchev–Trinajstić information content (AvgIpc) is 3.04. The summed E-state index contributed by atoms with van der Waals surface area (Å²) in [5, 5.41) is 7.76. The Morgan fingerprint density at radius 1 is 1.38 bits per heavy atom. The van der Waals surface area contributed by atoms with E-state index >= 15 is 0 Å². The van der Waals surface area contributed by atoms with E-state index in [1.54, 1.807) is 11.3 Å². The topological polar surface area (TPSA) is 58.4 Å². The molecule has 5 heteroatoms. The summed E-state index contributed by atoms with van der Waals surface area (Å²) < 4.78 is 0. The molecular formula is C19H29N3OS. The standard InChI is InChI=1S/C19H29N3OS/c20-16-3-1-2-15(10-16)18(23)22(12-14-4-9-24-13-14)17-11-19(17)5-7-21-8-6-19/h4,9,13,15-17,21H,1-3,5-8,10-12,20H2/t15-,16-,17-/m1/s1. The second-order valence-corrected chi connectivity index (χ2v) is 8.83. The first kappa shape index (κ1) is 16.6. The van der Waals surface area contributed by atoms with Crippen molar-refractivity contribution in [3.8, 4) is 0 Å². The maximum absolute atomic E-state index is 13.3. The molecular weight excluding hydrogens is 318 g/mol. The van der Waals surface area contributed by atoms with Gasteiger partial charge in [0.25, 0.3) is 0 Å². The lowest BCUT2D eigenvalue weighted by Crippen LogP contribution is -2.44. The third kappa shape index (κ3) is 3.26. The van der Waals surface area contributed by atoms with Crippen LogP contribution < -0.4 is 11.1 Å². The van der Waals surface area contributed by atoms with Crippen molar-refractivity contribution in [2.45, 2.75) is 63.6 Å². The number of hydrogen-bond donors (Lipinski definition) is 2. The van der Waals surface area contributed by atoms with Crippen LogP contribution in [-0.4, -0.2) is 36.0 Å². The highest BCUT2D eigenvalue weighted by Crippen LogP contribution is 2.56. The number of carbonyl (C=O) groups is 1. The summed E-state index contributed by atoms with van der Waals surface area (Å²) in [7, 11) is 0. The molecule has 24 heavy (non-hydrogen) atoms. The fourth-order valence-electron chi connectivity index (χ4n) is 4.84.